The first-order valence-electron chi connectivity index (χ1n) is 8.80. The van der Waals surface area contributed by atoms with Gasteiger partial charge in [0.25, 0.3) is 5.91 Å². The smallest absolute Gasteiger partial charge is 0.254 e. The zero-order valence-corrected chi connectivity index (χ0v) is 15.6. The van der Waals surface area contributed by atoms with E-state index >= 15 is 0 Å². The summed E-state index contributed by atoms with van der Waals surface area (Å²) in [6.45, 7) is 4.38. The molecule has 0 aliphatic carbocycles. The van der Waals surface area contributed by atoms with Crippen molar-refractivity contribution in [2.45, 2.75) is 32.4 Å². The van der Waals surface area contributed by atoms with Gasteiger partial charge in [0.15, 0.2) is 0 Å². The van der Waals surface area contributed by atoms with Crippen LogP contribution in [0.2, 0.25) is 0 Å². The fourth-order valence-corrected chi connectivity index (χ4v) is 2.86. The lowest BCUT2D eigenvalue weighted by Crippen LogP contribution is -2.37. The molecule has 3 rings (SSSR count). The molecule has 2 aromatic rings. The first-order chi connectivity index (χ1) is 13.0. The van der Waals surface area contributed by atoms with Gasteiger partial charge < -0.3 is 20.3 Å². The molecule has 0 bridgehead atoms. The number of benzene rings is 1. The zero-order chi connectivity index (χ0) is 19.4. The van der Waals surface area contributed by atoms with Crippen LogP contribution in [0.25, 0.3) is 0 Å². The maximum Gasteiger partial charge on any atom is 0.254 e. The molecule has 27 heavy (non-hydrogen) atoms. The predicted molar refractivity (Wildman–Crippen MR) is 102 cm³/mol. The molecule has 0 unspecified atom stereocenters. The molecular weight excluding hydrogens is 346 g/mol. The summed E-state index contributed by atoms with van der Waals surface area (Å²) < 4.78 is 5.13. The van der Waals surface area contributed by atoms with Gasteiger partial charge in [0.05, 0.1) is 18.7 Å². The van der Waals surface area contributed by atoms with Crippen molar-refractivity contribution in [1.29, 1.82) is 0 Å². The van der Waals surface area contributed by atoms with Gasteiger partial charge in [-0.3, -0.25) is 9.59 Å². The summed E-state index contributed by atoms with van der Waals surface area (Å²) in [5, 5.41) is 5.95. The highest BCUT2D eigenvalue weighted by molar-refractivity contribution is 5.98. The van der Waals surface area contributed by atoms with Crippen molar-refractivity contribution >= 4 is 23.5 Å². The second-order valence-corrected chi connectivity index (χ2v) is 6.67. The number of anilines is 2. The number of aromatic nitrogens is 2. The summed E-state index contributed by atoms with van der Waals surface area (Å²) in [6, 6.07) is 7.21. The molecule has 1 aliphatic heterocycles. The molecule has 0 saturated carbocycles. The van der Waals surface area contributed by atoms with Crippen LogP contribution in [-0.2, 0) is 4.79 Å². The van der Waals surface area contributed by atoms with E-state index in [1.807, 2.05) is 26.0 Å². The average molecular weight is 369 g/mol. The Morgan fingerprint density at radius 3 is 2.48 bits per heavy atom. The number of rotatable bonds is 6. The van der Waals surface area contributed by atoms with Crippen LogP contribution in [0.1, 0.15) is 30.6 Å². The minimum atomic E-state index is -0.291. The monoisotopic (exact) mass is 369 g/mol. The summed E-state index contributed by atoms with van der Waals surface area (Å²) in [5.74, 6) is 0.882. The van der Waals surface area contributed by atoms with E-state index < -0.39 is 0 Å². The topological polar surface area (TPSA) is 96.4 Å². The Kier molecular flexibility index (Phi) is 5.54. The highest BCUT2D eigenvalue weighted by Gasteiger charge is 2.31. The number of ether oxygens (including phenoxy) is 1. The summed E-state index contributed by atoms with van der Waals surface area (Å²) in [5.41, 5.74) is 1.14. The van der Waals surface area contributed by atoms with E-state index in [0.29, 0.717) is 18.1 Å². The first-order valence-corrected chi connectivity index (χ1v) is 8.80. The first kappa shape index (κ1) is 18.6. The molecule has 8 heteroatoms. The van der Waals surface area contributed by atoms with Crippen molar-refractivity contribution in [1.82, 2.24) is 15.3 Å². The number of nitrogens with one attached hydrogen (secondary N) is 2. The minimum Gasteiger partial charge on any atom is -0.497 e. The van der Waals surface area contributed by atoms with Gasteiger partial charge >= 0.3 is 0 Å². The molecule has 8 nitrogen and oxygen atoms in total. The fourth-order valence-electron chi connectivity index (χ4n) is 2.86. The third-order valence-corrected chi connectivity index (χ3v) is 4.18. The second-order valence-electron chi connectivity index (χ2n) is 6.67. The highest BCUT2D eigenvalue weighted by Crippen LogP contribution is 2.24. The standard InChI is InChI=1S/C19H23N5O3/c1-12(2)22-19-20-9-13(10-21-19)18(26)23-14-8-17(25)24(11-14)15-4-6-16(27-3)7-5-15/h4-7,9-10,12,14H,8,11H2,1-3H3,(H,23,26)(H,20,21,22)/t14-/m1/s1. The molecule has 1 saturated heterocycles. The molecule has 2 amide bonds. The van der Waals surface area contributed by atoms with E-state index in [0.717, 1.165) is 11.4 Å². The number of methoxy groups -OCH3 is 1. The zero-order valence-electron chi connectivity index (χ0n) is 15.6. The Hall–Kier alpha value is -3.16. The number of carbonyl (C=O) groups excluding carboxylic acids is 2. The normalized spacial score (nSPS) is 16.5. The summed E-state index contributed by atoms with van der Waals surface area (Å²) in [7, 11) is 1.59. The molecule has 142 valence electrons. The highest BCUT2D eigenvalue weighted by atomic mass is 16.5. The Bertz CT molecular complexity index is 805. The van der Waals surface area contributed by atoms with E-state index in [9.17, 15) is 9.59 Å². The van der Waals surface area contributed by atoms with Crippen LogP contribution >= 0.6 is 0 Å². The third-order valence-electron chi connectivity index (χ3n) is 4.18. The van der Waals surface area contributed by atoms with Crippen molar-refractivity contribution < 1.29 is 14.3 Å². The van der Waals surface area contributed by atoms with Gasteiger partial charge in [0, 0.05) is 37.1 Å². The van der Waals surface area contributed by atoms with Gasteiger partial charge in [-0.15, -0.1) is 0 Å². The van der Waals surface area contributed by atoms with Crippen LogP contribution in [0.3, 0.4) is 0 Å². The Balaban J connectivity index is 1.61. The molecule has 1 atom stereocenters. The molecule has 2 N–H and O–H groups in total. The van der Waals surface area contributed by atoms with Crippen LogP contribution in [0.4, 0.5) is 11.6 Å². The maximum atomic E-state index is 12.4. The lowest BCUT2D eigenvalue weighted by molar-refractivity contribution is -0.117. The molecule has 0 spiro atoms. The van der Waals surface area contributed by atoms with Gasteiger partial charge in [0.2, 0.25) is 11.9 Å². The van der Waals surface area contributed by atoms with Crippen molar-refractivity contribution in [3.63, 3.8) is 0 Å². The van der Waals surface area contributed by atoms with Crippen LogP contribution in [0.15, 0.2) is 36.7 Å². The lowest BCUT2D eigenvalue weighted by atomic mass is 10.2. The number of hydrogen-bond donors (Lipinski definition) is 2. The molecule has 1 aliphatic rings. The summed E-state index contributed by atoms with van der Waals surface area (Å²) in [6.07, 6.45) is 3.21. The maximum absolute atomic E-state index is 12.4. The van der Waals surface area contributed by atoms with E-state index in [4.69, 9.17) is 4.74 Å². The third kappa shape index (κ3) is 4.52. The molecular formula is C19H23N5O3. The Labute approximate surface area is 158 Å². The van der Waals surface area contributed by atoms with Crippen LogP contribution in [0.5, 0.6) is 5.75 Å². The van der Waals surface area contributed by atoms with Crippen LogP contribution < -0.4 is 20.3 Å². The van der Waals surface area contributed by atoms with Gasteiger partial charge in [-0.05, 0) is 38.1 Å². The van der Waals surface area contributed by atoms with Crippen LogP contribution in [-0.4, -0.2) is 47.5 Å². The minimum absolute atomic E-state index is 0.0294. The molecule has 0 radical (unpaired) electrons. The summed E-state index contributed by atoms with van der Waals surface area (Å²) in [4.78, 5) is 34.7. The van der Waals surface area contributed by atoms with E-state index in [2.05, 4.69) is 20.6 Å². The van der Waals surface area contributed by atoms with E-state index in [1.165, 1.54) is 12.4 Å². The van der Waals surface area contributed by atoms with Crippen molar-refractivity contribution in [3.05, 3.63) is 42.2 Å². The number of nitrogens with zero attached hydrogens (tertiary/aromatic N) is 3. The number of amides is 2. The van der Waals surface area contributed by atoms with Crippen molar-refractivity contribution in [2.24, 2.45) is 0 Å². The van der Waals surface area contributed by atoms with Crippen molar-refractivity contribution in [2.75, 3.05) is 23.9 Å². The number of carbonyl (C=O) groups is 2. The Morgan fingerprint density at radius 1 is 1.22 bits per heavy atom. The van der Waals surface area contributed by atoms with E-state index in [-0.39, 0.29) is 30.3 Å². The van der Waals surface area contributed by atoms with Crippen LogP contribution in [0, 0.1) is 0 Å². The van der Waals surface area contributed by atoms with Gasteiger partial charge in [-0.2, -0.15) is 0 Å². The van der Waals surface area contributed by atoms with Gasteiger partial charge in [0.1, 0.15) is 5.75 Å². The SMILES string of the molecule is COc1ccc(N2C[C@H](NC(=O)c3cnc(NC(C)C)nc3)CC2=O)cc1. The molecule has 2 heterocycles. The lowest BCUT2D eigenvalue weighted by Gasteiger charge is -2.17. The molecule has 1 aromatic carbocycles. The largest absolute Gasteiger partial charge is 0.497 e. The van der Waals surface area contributed by atoms with Crippen molar-refractivity contribution in [3.8, 4) is 5.75 Å². The second kappa shape index (κ2) is 8.03. The molecule has 1 aromatic heterocycles. The Morgan fingerprint density at radius 2 is 1.89 bits per heavy atom. The van der Waals surface area contributed by atoms with Gasteiger partial charge in [-0.1, -0.05) is 0 Å². The quantitative estimate of drug-likeness (QED) is 0.807. The summed E-state index contributed by atoms with van der Waals surface area (Å²) >= 11 is 0. The van der Waals surface area contributed by atoms with E-state index in [1.54, 1.807) is 24.1 Å². The molecule has 1 fully saturated rings. The van der Waals surface area contributed by atoms with Gasteiger partial charge in [-0.25, -0.2) is 9.97 Å². The fraction of sp³-hybridized carbons (Fsp3) is 0.368. The number of hydrogen-bond acceptors (Lipinski definition) is 6. The predicted octanol–water partition coefficient (Wildman–Crippen LogP) is 1.84. The average Bonchev–Trinajstić information content (AvgIpc) is 3.02.